The summed E-state index contributed by atoms with van der Waals surface area (Å²) in [4.78, 5) is 11.0. The third kappa shape index (κ3) is 2.04. The van der Waals surface area contributed by atoms with Crippen molar-refractivity contribution in [2.45, 2.75) is 12.1 Å². The molecule has 0 unspecified atom stereocenters. The normalized spacial score (nSPS) is 28.1. The second kappa shape index (κ2) is 4.10. The smallest absolute Gasteiger partial charge is 0.339 e. The van der Waals surface area contributed by atoms with Crippen LogP contribution in [0.4, 0.5) is 0 Å². The van der Waals surface area contributed by atoms with Crippen molar-refractivity contribution in [1.82, 2.24) is 4.31 Å². The SMILES string of the molecule is CN1[C@@H](c2ccccc2)[C@H](C(=O)O)OS1(=O)=O. The van der Waals surface area contributed by atoms with Crippen LogP contribution >= 0.6 is 0 Å². The fourth-order valence-corrected chi connectivity index (χ4v) is 2.89. The molecule has 2 atom stereocenters. The van der Waals surface area contributed by atoms with Crippen LogP contribution in [0.2, 0.25) is 0 Å². The van der Waals surface area contributed by atoms with Crippen LogP contribution in [0, 0.1) is 0 Å². The van der Waals surface area contributed by atoms with E-state index in [0.717, 1.165) is 4.31 Å². The van der Waals surface area contributed by atoms with Gasteiger partial charge in [0.15, 0.2) is 6.10 Å². The van der Waals surface area contributed by atoms with Crippen molar-refractivity contribution >= 4 is 16.3 Å². The van der Waals surface area contributed by atoms with E-state index in [1.54, 1.807) is 30.3 Å². The van der Waals surface area contributed by atoms with Crippen LogP contribution in [0.25, 0.3) is 0 Å². The first-order valence-corrected chi connectivity index (χ1v) is 6.24. The highest BCUT2D eigenvalue weighted by Crippen LogP contribution is 2.35. The molecule has 0 radical (unpaired) electrons. The Hall–Kier alpha value is -1.44. The van der Waals surface area contributed by atoms with Crippen molar-refractivity contribution in [3.8, 4) is 0 Å². The molecule has 6 nitrogen and oxygen atoms in total. The molecule has 7 heteroatoms. The molecular weight excluding hydrogens is 246 g/mol. The van der Waals surface area contributed by atoms with E-state index in [-0.39, 0.29) is 0 Å². The van der Waals surface area contributed by atoms with Gasteiger partial charge in [-0.15, -0.1) is 0 Å². The minimum atomic E-state index is -3.96. The van der Waals surface area contributed by atoms with Gasteiger partial charge in [-0.3, -0.25) is 0 Å². The average molecular weight is 257 g/mol. The predicted molar refractivity (Wildman–Crippen MR) is 58.4 cm³/mol. The first kappa shape index (κ1) is 12.0. The standard InChI is InChI=1S/C10H11NO5S/c1-11-8(7-5-3-2-4-6-7)9(10(12)13)16-17(11,14)15/h2-6,8-9H,1H3,(H,12,13)/t8-,9+/m0/s1. The fraction of sp³-hybridized carbons (Fsp3) is 0.300. The third-order valence-corrected chi connectivity index (χ3v) is 4.02. The summed E-state index contributed by atoms with van der Waals surface area (Å²) in [5, 5.41) is 8.98. The van der Waals surface area contributed by atoms with E-state index >= 15 is 0 Å². The molecule has 1 saturated heterocycles. The first-order chi connectivity index (χ1) is 7.93. The molecule has 17 heavy (non-hydrogen) atoms. The van der Waals surface area contributed by atoms with Crippen LogP contribution in [-0.4, -0.2) is 37.0 Å². The van der Waals surface area contributed by atoms with Crippen molar-refractivity contribution in [2.75, 3.05) is 7.05 Å². The van der Waals surface area contributed by atoms with Gasteiger partial charge in [0.25, 0.3) is 0 Å². The van der Waals surface area contributed by atoms with Gasteiger partial charge in [-0.2, -0.15) is 12.7 Å². The lowest BCUT2D eigenvalue weighted by Crippen LogP contribution is -2.30. The van der Waals surface area contributed by atoms with E-state index in [4.69, 9.17) is 5.11 Å². The summed E-state index contributed by atoms with van der Waals surface area (Å²) < 4.78 is 28.5. The summed E-state index contributed by atoms with van der Waals surface area (Å²) in [5.41, 5.74) is 0.587. The van der Waals surface area contributed by atoms with Crippen LogP contribution in [0.3, 0.4) is 0 Å². The van der Waals surface area contributed by atoms with Crippen molar-refractivity contribution < 1.29 is 22.5 Å². The number of aliphatic carboxylic acids is 1. The van der Waals surface area contributed by atoms with Crippen LogP contribution in [0.15, 0.2) is 30.3 Å². The molecule has 1 aliphatic heterocycles. The van der Waals surface area contributed by atoms with E-state index < -0.39 is 28.4 Å². The Balaban J connectivity index is 2.47. The van der Waals surface area contributed by atoms with Gasteiger partial charge in [0.05, 0.1) is 6.04 Å². The zero-order valence-corrected chi connectivity index (χ0v) is 9.79. The molecule has 1 aromatic carbocycles. The molecule has 2 rings (SSSR count). The Kier molecular flexibility index (Phi) is 2.90. The lowest BCUT2D eigenvalue weighted by atomic mass is 10.0. The molecule has 0 aliphatic carbocycles. The molecule has 1 heterocycles. The average Bonchev–Trinajstić information content (AvgIpc) is 2.52. The highest BCUT2D eigenvalue weighted by molar-refractivity contribution is 7.84. The first-order valence-electron chi connectivity index (χ1n) is 4.87. The van der Waals surface area contributed by atoms with E-state index in [2.05, 4.69) is 4.18 Å². The maximum atomic E-state index is 11.5. The number of nitrogens with zero attached hydrogens (tertiary/aromatic N) is 1. The van der Waals surface area contributed by atoms with E-state index in [1.165, 1.54) is 7.05 Å². The van der Waals surface area contributed by atoms with Crippen molar-refractivity contribution in [1.29, 1.82) is 0 Å². The van der Waals surface area contributed by atoms with Gasteiger partial charge in [0.1, 0.15) is 0 Å². The minimum absolute atomic E-state index is 0.587. The highest BCUT2D eigenvalue weighted by atomic mass is 32.2. The molecule has 1 aliphatic rings. The second-order valence-corrected chi connectivity index (χ2v) is 5.31. The minimum Gasteiger partial charge on any atom is -0.479 e. The van der Waals surface area contributed by atoms with Gasteiger partial charge in [-0.25, -0.2) is 8.98 Å². The van der Waals surface area contributed by atoms with Crippen LogP contribution in [0.5, 0.6) is 0 Å². The zero-order valence-electron chi connectivity index (χ0n) is 8.98. The number of hydrogen-bond donors (Lipinski definition) is 1. The molecule has 0 bridgehead atoms. The molecule has 1 aromatic rings. The largest absolute Gasteiger partial charge is 0.479 e. The number of likely N-dealkylation sites (N-methyl/N-ethyl adjacent to an activating group) is 1. The number of carboxylic acids is 1. The molecule has 92 valence electrons. The number of carbonyl (C=O) groups is 1. The Bertz CT molecular complexity index is 527. The second-order valence-electron chi connectivity index (χ2n) is 3.68. The van der Waals surface area contributed by atoms with E-state index in [1.807, 2.05) is 0 Å². The topological polar surface area (TPSA) is 83.9 Å². The molecule has 0 saturated carbocycles. The van der Waals surface area contributed by atoms with Gasteiger partial charge < -0.3 is 5.11 Å². The highest BCUT2D eigenvalue weighted by Gasteiger charge is 2.48. The number of hydrogen-bond acceptors (Lipinski definition) is 4. The molecule has 0 aromatic heterocycles. The van der Waals surface area contributed by atoms with E-state index in [9.17, 15) is 13.2 Å². The summed E-state index contributed by atoms with van der Waals surface area (Å²) in [5.74, 6) is -1.30. The lowest BCUT2D eigenvalue weighted by molar-refractivity contribution is -0.145. The molecule has 0 amide bonds. The zero-order chi connectivity index (χ0) is 12.6. The predicted octanol–water partition coefficient (Wildman–Crippen LogP) is 0.388. The maximum Gasteiger partial charge on any atom is 0.339 e. The Morgan fingerprint density at radius 1 is 1.35 bits per heavy atom. The fourth-order valence-electron chi connectivity index (χ4n) is 1.79. The Labute approximate surface area is 98.7 Å². The van der Waals surface area contributed by atoms with Crippen LogP contribution in [-0.2, 0) is 19.3 Å². The summed E-state index contributed by atoms with van der Waals surface area (Å²) in [7, 11) is -2.66. The number of rotatable bonds is 2. The molecule has 1 N–H and O–H groups in total. The van der Waals surface area contributed by atoms with Gasteiger partial charge in [-0.1, -0.05) is 30.3 Å². The van der Waals surface area contributed by atoms with Gasteiger partial charge in [-0.05, 0) is 5.56 Å². The van der Waals surface area contributed by atoms with Crippen molar-refractivity contribution in [2.24, 2.45) is 0 Å². The van der Waals surface area contributed by atoms with Gasteiger partial charge in [0.2, 0.25) is 0 Å². The van der Waals surface area contributed by atoms with Crippen molar-refractivity contribution in [3.05, 3.63) is 35.9 Å². The number of carboxylic acid groups (broad SMARTS) is 1. The lowest BCUT2D eigenvalue weighted by Gasteiger charge is -2.18. The monoisotopic (exact) mass is 257 g/mol. The summed E-state index contributed by atoms with van der Waals surface area (Å²) >= 11 is 0. The van der Waals surface area contributed by atoms with Gasteiger partial charge >= 0.3 is 16.3 Å². The molecular formula is C10H11NO5S. The van der Waals surface area contributed by atoms with Crippen LogP contribution < -0.4 is 0 Å². The van der Waals surface area contributed by atoms with Gasteiger partial charge in [0, 0.05) is 7.05 Å². The molecule has 1 fully saturated rings. The summed E-state index contributed by atoms with van der Waals surface area (Å²) in [6.07, 6.45) is -1.41. The molecule has 0 spiro atoms. The van der Waals surface area contributed by atoms with Crippen LogP contribution in [0.1, 0.15) is 11.6 Å². The number of benzene rings is 1. The summed E-state index contributed by atoms with van der Waals surface area (Å²) in [6, 6.07) is 7.70. The third-order valence-electron chi connectivity index (χ3n) is 2.64. The van der Waals surface area contributed by atoms with E-state index in [0.29, 0.717) is 5.56 Å². The maximum absolute atomic E-state index is 11.5. The summed E-state index contributed by atoms with van der Waals surface area (Å²) in [6.45, 7) is 0. The van der Waals surface area contributed by atoms with Crippen molar-refractivity contribution in [3.63, 3.8) is 0 Å². The quantitative estimate of drug-likeness (QED) is 0.828. The Morgan fingerprint density at radius 3 is 2.47 bits per heavy atom. The Morgan fingerprint density at radius 2 is 1.94 bits per heavy atom.